The van der Waals surface area contributed by atoms with E-state index in [9.17, 15) is 14.3 Å². The maximum atomic E-state index is 13.4. The van der Waals surface area contributed by atoms with Crippen molar-refractivity contribution in [1.82, 2.24) is 9.97 Å². The Morgan fingerprint density at radius 1 is 1.05 bits per heavy atom. The van der Waals surface area contributed by atoms with Gasteiger partial charge in [0, 0.05) is 0 Å². The molecule has 1 aromatic heterocycles. The highest BCUT2D eigenvalue weighted by Gasteiger charge is 2.13. The normalized spacial score (nSPS) is 12.8. The van der Waals surface area contributed by atoms with Crippen molar-refractivity contribution in [2.75, 3.05) is 0 Å². The van der Waals surface area contributed by atoms with Gasteiger partial charge in [-0.3, -0.25) is 0 Å². The van der Waals surface area contributed by atoms with Crippen molar-refractivity contribution < 1.29 is 9.50 Å². The van der Waals surface area contributed by atoms with Crippen LogP contribution in [0.5, 0.6) is 0 Å². The Balaban J connectivity index is 2.06. The van der Waals surface area contributed by atoms with Gasteiger partial charge < -0.3 is 15.1 Å². The van der Waals surface area contributed by atoms with Gasteiger partial charge in [-0.05, 0) is 47.9 Å². The van der Waals surface area contributed by atoms with Crippen molar-refractivity contribution in [2.24, 2.45) is 0 Å². The van der Waals surface area contributed by atoms with Crippen LogP contribution < -0.4 is 5.69 Å². The van der Waals surface area contributed by atoms with E-state index in [0.29, 0.717) is 22.2 Å². The lowest BCUT2D eigenvalue weighted by Gasteiger charge is -2.12. The molecule has 0 bridgehead atoms. The Hall–Kier alpha value is -2.40. The second-order valence-corrected chi connectivity index (χ2v) is 4.85. The number of aliphatic hydroxyl groups excluding tert-OH is 1. The summed E-state index contributed by atoms with van der Waals surface area (Å²) in [4.78, 5) is 16.5. The maximum absolute atomic E-state index is 13.4. The van der Waals surface area contributed by atoms with E-state index in [1.165, 1.54) is 12.1 Å². The summed E-state index contributed by atoms with van der Waals surface area (Å²) < 4.78 is 13.4. The molecule has 0 amide bonds. The van der Waals surface area contributed by atoms with Crippen LogP contribution in [0.3, 0.4) is 0 Å². The Labute approximate surface area is 113 Å². The van der Waals surface area contributed by atoms with E-state index in [4.69, 9.17) is 0 Å². The summed E-state index contributed by atoms with van der Waals surface area (Å²) in [7, 11) is 0. The minimum Gasteiger partial charge on any atom is -0.384 e. The molecular formula is C15H13FN2O2. The van der Waals surface area contributed by atoms with E-state index in [1.807, 2.05) is 0 Å². The molecule has 0 saturated heterocycles. The largest absolute Gasteiger partial charge is 0.384 e. The molecule has 0 aliphatic rings. The Morgan fingerprint density at radius 3 is 2.55 bits per heavy atom. The molecule has 0 aliphatic carbocycles. The topological polar surface area (TPSA) is 68.9 Å². The zero-order valence-corrected chi connectivity index (χ0v) is 10.8. The van der Waals surface area contributed by atoms with Crippen LogP contribution in [0.25, 0.3) is 11.0 Å². The highest BCUT2D eigenvalue weighted by Crippen LogP contribution is 2.25. The molecule has 3 N–H and O–H groups in total. The van der Waals surface area contributed by atoms with Crippen LogP contribution in [0.2, 0.25) is 0 Å². The highest BCUT2D eigenvalue weighted by atomic mass is 19.1. The number of benzene rings is 2. The van der Waals surface area contributed by atoms with Crippen molar-refractivity contribution in [3.63, 3.8) is 0 Å². The van der Waals surface area contributed by atoms with Gasteiger partial charge in [-0.25, -0.2) is 9.18 Å². The fourth-order valence-corrected chi connectivity index (χ4v) is 2.34. The summed E-state index contributed by atoms with van der Waals surface area (Å²) in [5.74, 6) is -0.379. The molecule has 1 atom stereocenters. The quantitative estimate of drug-likeness (QED) is 0.670. The molecule has 20 heavy (non-hydrogen) atoms. The minimum atomic E-state index is -0.938. The third kappa shape index (κ3) is 2.23. The molecule has 0 aliphatic heterocycles. The van der Waals surface area contributed by atoms with Crippen LogP contribution in [-0.4, -0.2) is 15.1 Å². The van der Waals surface area contributed by atoms with E-state index in [-0.39, 0.29) is 11.5 Å². The molecule has 3 rings (SSSR count). The zero-order valence-electron chi connectivity index (χ0n) is 10.8. The molecule has 1 unspecified atom stereocenters. The lowest BCUT2D eigenvalue weighted by atomic mass is 9.99. The van der Waals surface area contributed by atoms with Crippen LogP contribution in [0.1, 0.15) is 22.8 Å². The molecule has 5 heteroatoms. The van der Waals surface area contributed by atoms with E-state index in [1.54, 1.807) is 31.2 Å². The third-order valence-corrected chi connectivity index (χ3v) is 3.24. The lowest BCUT2D eigenvalue weighted by Crippen LogP contribution is -2.01. The summed E-state index contributed by atoms with van der Waals surface area (Å²) in [6.45, 7) is 1.77. The van der Waals surface area contributed by atoms with Gasteiger partial charge in [0.15, 0.2) is 0 Å². The van der Waals surface area contributed by atoms with Gasteiger partial charge in [0.2, 0.25) is 0 Å². The Morgan fingerprint density at radius 2 is 1.80 bits per heavy atom. The van der Waals surface area contributed by atoms with Gasteiger partial charge >= 0.3 is 5.69 Å². The van der Waals surface area contributed by atoms with Crippen molar-refractivity contribution in [3.8, 4) is 0 Å². The van der Waals surface area contributed by atoms with E-state index >= 15 is 0 Å². The van der Waals surface area contributed by atoms with Crippen molar-refractivity contribution in [2.45, 2.75) is 13.0 Å². The number of halogens is 1. The van der Waals surface area contributed by atoms with Crippen LogP contribution in [0, 0.1) is 12.7 Å². The monoisotopic (exact) mass is 272 g/mol. The van der Waals surface area contributed by atoms with Crippen LogP contribution in [0.15, 0.2) is 41.2 Å². The lowest BCUT2D eigenvalue weighted by molar-refractivity contribution is 0.220. The maximum Gasteiger partial charge on any atom is 0.323 e. The van der Waals surface area contributed by atoms with E-state index in [2.05, 4.69) is 9.97 Å². The standard InChI is InChI=1S/C15H13FN2O2/c1-8-4-10(6-11(16)5-8)14(19)9-2-3-12-13(7-9)18-15(20)17-12/h2-7,14,19H,1H3,(H2,17,18,20). The predicted octanol–water partition coefficient (Wildman–Crippen LogP) is 2.39. The second-order valence-electron chi connectivity index (χ2n) is 4.85. The summed E-state index contributed by atoms with van der Waals surface area (Å²) in [6, 6.07) is 9.54. The van der Waals surface area contributed by atoms with Gasteiger partial charge in [-0.15, -0.1) is 0 Å². The van der Waals surface area contributed by atoms with Gasteiger partial charge in [-0.1, -0.05) is 12.1 Å². The van der Waals surface area contributed by atoms with Gasteiger partial charge in [0.05, 0.1) is 11.0 Å². The first-order chi connectivity index (χ1) is 9.52. The second kappa shape index (κ2) is 4.61. The van der Waals surface area contributed by atoms with Crippen molar-refractivity contribution in [3.05, 3.63) is 69.4 Å². The molecule has 1 heterocycles. The molecule has 0 fully saturated rings. The number of hydrogen-bond acceptors (Lipinski definition) is 2. The first-order valence-electron chi connectivity index (χ1n) is 6.20. The Kier molecular flexibility index (Phi) is 2.91. The number of aromatic amines is 2. The first-order valence-corrected chi connectivity index (χ1v) is 6.20. The molecule has 0 saturated carbocycles. The average Bonchev–Trinajstić information content (AvgIpc) is 2.75. The number of H-pyrrole nitrogens is 2. The number of hydrogen-bond donors (Lipinski definition) is 3. The molecule has 0 radical (unpaired) electrons. The molecule has 2 aromatic carbocycles. The van der Waals surface area contributed by atoms with E-state index < -0.39 is 6.10 Å². The molecule has 102 valence electrons. The third-order valence-electron chi connectivity index (χ3n) is 3.24. The fraction of sp³-hybridized carbons (Fsp3) is 0.133. The van der Waals surface area contributed by atoms with Crippen molar-refractivity contribution in [1.29, 1.82) is 0 Å². The van der Waals surface area contributed by atoms with Crippen molar-refractivity contribution >= 4 is 11.0 Å². The number of imidazole rings is 1. The van der Waals surface area contributed by atoms with Crippen LogP contribution in [0.4, 0.5) is 4.39 Å². The van der Waals surface area contributed by atoms with Crippen LogP contribution >= 0.6 is 0 Å². The number of nitrogens with one attached hydrogen (secondary N) is 2. The summed E-state index contributed by atoms with van der Waals surface area (Å²) in [5, 5.41) is 10.3. The summed E-state index contributed by atoms with van der Waals surface area (Å²) in [5.41, 5.74) is 2.81. The molecule has 0 spiro atoms. The van der Waals surface area contributed by atoms with Crippen LogP contribution in [-0.2, 0) is 0 Å². The SMILES string of the molecule is Cc1cc(F)cc(C(O)c2ccc3[nH]c(=O)[nH]c3c2)c1. The molecular weight excluding hydrogens is 259 g/mol. The summed E-state index contributed by atoms with van der Waals surface area (Å²) in [6.07, 6.45) is -0.938. The zero-order chi connectivity index (χ0) is 14.3. The fourth-order valence-electron chi connectivity index (χ4n) is 2.34. The van der Waals surface area contributed by atoms with Gasteiger partial charge in [0.1, 0.15) is 11.9 Å². The highest BCUT2D eigenvalue weighted by molar-refractivity contribution is 5.75. The Bertz CT molecular complexity index is 815. The van der Waals surface area contributed by atoms with E-state index in [0.717, 1.165) is 5.56 Å². The predicted molar refractivity (Wildman–Crippen MR) is 74.1 cm³/mol. The smallest absolute Gasteiger partial charge is 0.323 e. The number of aromatic nitrogens is 2. The average molecular weight is 272 g/mol. The van der Waals surface area contributed by atoms with Gasteiger partial charge in [0.25, 0.3) is 0 Å². The minimum absolute atomic E-state index is 0.298. The number of aliphatic hydroxyl groups is 1. The molecule has 4 nitrogen and oxygen atoms in total. The summed E-state index contributed by atoms with van der Waals surface area (Å²) >= 11 is 0. The number of fused-ring (bicyclic) bond motifs is 1. The number of rotatable bonds is 2. The molecule has 3 aromatic rings. The van der Waals surface area contributed by atoms with Gasteiger partial charge in [-0.2, -0.15) is 0 Å². The first kappa shape index (κ1) is 12.6. The number of aryl methyl sites for hydroxylation is 1.